The standard InChI is InChI=1S/C18H11N7O2S/c26-25(27)15-9-5-4-8-12(15)16-21-22-18-24(16)23-17(28-18)14-10-13(19-20-14)11-6-2-1-3-7-11/h1-10H,(H,19,20). The molecule has 5 rings (SSSR count). The van der Waals surface area contributed by atoms with Crippen LogP contribution in [-0.4, -0.2) is 34.9 Å². The molecule has 0 saturated carbocycles. The highest BCUT2D eigenvalue weighted by molar-refractivity contribution is 7.19. The van der Waals surface area contributed by atoms with Crippen molar-refractivity contribution in [1.29, 1.82) is 0 Å². The van der Waals surface area contributed by atoms with Crippen LogP contribution in [0.3, 0.4) is 0 Å². The summed E-state index contributed by atoms with van der Waals surface area (Å²) in [5.74, 6) is 0.326. The number of aromatic nitrogens is 6. The van der Waals surface area contributed by atoms with Crippen molar-refractivity contribution in [2.75, 3.05) is 0 Å². The van der Waals surface area contributed by atoms with Gasteiger partial charge in [0.05, 0.1) is 21.9 Å². The molecule has 2 aromatic carbocycles. The van der Waals surface area contributed by atoms with Crippen molar-refractivity contribution in [2.45, 2.75) is 0 Å². The molecule has 1 N–H and O–H groups in total. The largest absolute Gasteiger partial charge is 0.280 e. The number of hydrogen-bond donors (Lipinski definition) is 1. The molecule has 136 valence electrons. The van der Waals surface area contributed by atoms with Crippen LogP contribution in [0.2, 0.25) is 0 Å². The summed E-state index contributed by atoms with van der Waals surface area (Å²) < 4.78 is 1.52. The van der Waals surface area contributed by atoms with Gasteiger partial charge < -0.3 is 0 Å². The fraction of sp³-hybridized carbons (Fsp3) is 0. The Morgan fingerprint density at radius 1 is 1.04 bits per heavy atom. The van der Waals surface area contributed by atoms with Gasteiger partial charge in [-0.3, -0.25) is 15.2 Å². The van der Waals surface area contributed by atoms with Crippen LogP contribution in [0.4, 0.5) is 5.69 Å². The Morgan fingerprint density at radius 3 is 2.64 bits per heavy atom. The zero-order valence-corrected chi connectivity index (χ0v) is 15.0. The molecule has 0 atom stereocenters. The molecule has 0 radical (unpaired) electrons. The number of fused-ring (bicyclic) bond motifs is 1. The summed E-state index contributed by atoms with van der Waals surface area (Å²) in [5.41, 5.74) is 2.86. The number of nitro benzene ring substituents is 1. The predicted molar refractivity (Wildman–Crippen MR) is 104 cm³/mol. The molecule has 0 aliphatic heterocycles. The highest BCUT2D eigenvalue weighted by Gasteiger charge is 2.22. The second-order valence-corrected chi connectivity index (χ2v) is 6.89. The molecule has 0 spiro atoms. The van der Waals surface area contributed by atoms with E-state index in [0.717, 1.165) is 17.0 Å². The van der Waals surface area contributed by atoms with Crippen LogP contribution < -0.4 is 0 Å². The summed E-state index contributed by atoms with van der Waals surface area (Å²) in [6.45, 7) is 0. The van der Waals surface area contributed by atoms with E-state index in [1.807, 2.05) is 36.4 Å². The normalized spacial score (nSPS) is 11.1. The Hall–Kier alpha value is -3.92. The number of nitrogens with one attached hydrogen (secondary N) is 1. The van der Waals surface area contributed by atoms with E-state index in [0.29, 0.717) is 21.4 Å². The Labute approximate surface area is 161 Å². The van der Waals surface area contributed by atoms with Crippen molar-refractivity contribution in [2.24, 2.45) is 0 Å². The van der Waals surface area contributed by atoms with Crippen LogP contribution in [0.25, 0.3) is 38.3 Å². The zero-order valence-electron chi connectivity index (χ0n) is 14.2. The molecule has 0 fully saturated rings. The van der Waals surface area contributed by atoms with E-state index in [2.05, 4.69) is 25.5 Å². The van der Waals surface area contributed by atoms with E-state index in [9.17, 15) is 10.1 Å². The first-order chi connectivity index (χ1) is 13.7. The van der Waals surface area contributed by atoms with Crippen molar-refractivity contribution in [1.82, 2.24) is 30.0 Å². The number of para-hydroxylation sites is 1. The summed E-state index contributed by atoms with van der Waals surface area (Å²) in [6, 6.07) is 18.1. The lowest BCUT2D eigenvalue weighted by atomic mass is 10.1. The van der Waals surface area contributed by atoms with Crippen LogP contribution >= 0.6 is 11.3 Å². The fourth-order valence-electron chi connectivity index (χ4n) is 2.90. The van der Waals surface area contributed by atoms with Crippen LogP contribution in [0.5, 0.6) is 0 Å². The Kier molecular flexibility index (Phi) is 3.69. The molecular formula is C18H11N7O2S. The number of nitro groups is 1. The van der Waals surface area contributed by atoms with E-state index in [1.54, 1.807) is 18.2 Å². The minimum Gasteiger partial charge on any atom is -0.275 e. The van der Waals surface area contributed by atoms with Gasteiger partial charge in [-0.15, -0.1) is 10.2 Å². The third kappa shape index (κ3) is 2.63. The molecule has 28 heavy (non-hydrogen) atoms. The van der Waals surface area contributed by atoms with Gasteiger partial charge in [0, 0.05) is 11.6 Å². The average molecular weight is 389 g/mol. The Morgan fingerprint density at radius 2 is 1.82 bits per heavy atom. The number of hydrogen-bond acceptors (Lipinski definition) is 7. The molecule has 5 aromatic rings. The number of rotatable bonds is 4. The quantitative estimate of drug-likeness (QED) is 0.369. The third-order valence-electron chi connectivity index (χ3n) is 4.21. The van der Waals surface area contributed by atoms with E-state index in [4.69, 9.17) is 0 Å². The number of nitrogens with zero attached hydrogens (tertiary/aromatic N) is 6. The smallest absolute Gasteiger partial charge is 0.275 e. The molecule has 0 aliphatic carbocycles. The van der Waals surface area contributed by atoms with Crippen LogP contribution in [0.15, 0.2) is 60.7 Å². The zero-order chi connectivity index (χ0) is 19.1. The summed E-state index contributed by atoms with van der Waals surface area (Å²) >= 11 is 1.33. The molecule has 0 unspecified atom stereocenters. The maximum atomic E-state index is 11.3. The maximum Gasteiger partial charge on any atom is 0.280 e. The van der Waals surface area contributed by atoms with Crippen LogP contribution in [0.1, 0.15) is 0 Å². The van der Waals surface area contributed by atoms with Gasteiger partial charge in [-0.1, -0.05) is 53.8 Å². The van der Waals surface area contributed by atoms with E-state index >= 15 is 0 Å². The van der Waals surface area contributed by atoms with Gasteiger partial charge in [0.2, 0.25) is 4.96 Å². The topological polar surface area (TPSA) is 115 Å². The van der Waals surface area contributed by atoms with Gasteiger partial charge in [-0.2, -0.15) is 14.7 Å². The van der Waals surface area contributed by atoms with Gasteiger partial charge in [0.1, 0.15) is 0 Å². The molecule has 3 heterocycles. The molecular weight excluding hydrogens is 378 g/mol. The minimum atomic E-state index is -0.440. The lowest BCUT2D eigenvalue weighted by Gasteiger charge is -1.98. The summed E-state index contributed by atoms with van der Waals surface area (Å²) in [5, 5.41) is 32.1. The van der Waals surface area contributed by atoms with Crippen molar-refractivity contribution in [3.63, 3.8) is 0 Å². The van der Waals surface area contributed by atoms with Gasteiger partial charge in [-0.25, -0.2) is 0 Å². The number of benzene rings is 2. The second kappa shape index (κ2) is 6.35. The lowest BCUT2D eigenvalue weighted by molar-refractivity contribution is -0.384. The Bertz CT molecular complexity index is 1310. The molecule has 0 saturated heterocycles. The van der Waals surface area contributed by atoms with Crippen LogP contribution in [0, 0.1) is 10.1 Å². The van der Waals surface area contributed by atoms with Gasteiger partial charge in [0.25, 0.3) is 5.69 Å². The minimum absolute atomic E-state index is 0.0424. The SMILES string of the molecule is O=[N+]([O-])c1ccccc1-c1nnc2sc(-c3cc(-c4ccccc4)n[nH]3)nn12. The lowest BCUT2D eigenvalue weighted by Crippen LogP contribution is -1.96. The molecule has 0 bridgehead atoms. The molecule has 0 amide bonds. The van der Waals surface area contributed by atoms with E-state index in [-0.39, 0.29) is 5.69 Å². The monoisotopic (exact) mass is 389 g/mol. The molecule has 9 nitrogen and oxygen atoms in total. The van der Waals surface area contributed by atoms with Crippen molar-refractivity contribution in [3.8, 4) is 33.3 Å². The second-order valence-electron chi connectivity index (χ2n) is 5.93. The molecule has 10 heteroatoms. The summed E-state index contributed by atoms with van der Waals surface area (Å²) in [7, 11) is 0. The number of H-pyrrole nitrogens is 1. The number of aromatic amines is 1. The maximum absolute atomic E-state index is 11.3. The Balaban J connectivity index is 1.58. The molecule has 3 aromatic heterocycles. The third-order valence-corrected chi connectivity index (χ3v) is 5.14. The first-order valence-corrected chi connectivity index (χ1v) is 9.09. The van der Waals surface area contributed by atoms with Crippen molar-refractivity contribution in [3.05, 3.63) is 70.8 Å². The van der Waals surface area contributed by atoms with Crippen molar-refractivity contribution < 1.29 is 4.92 Å². The van der Waals surface area contributed by atoms with Gasteiger partial charge in [0.15, 0.2) is 10.8 Å². The molecule has 0 aliphatic rings. The fourth-order valence-corrected chi connectivity index (χ4v) is 3.71. The predicted octanol–water partition coefficient (Wildman–Crippen LogP) is 3.82. The van der Waals surface area contributed by atoms with Gasteiger partial charge >= 0.3 is 0 Å². The first-order valence-electron chi connectivity index (χ1n) is 8.28. The van der Waals surface area contributed by atoms with E-state index in [1.165, 1.54) is 21.9 Å². The highest BCUT2D eigenvalue weighted by Crippen LogP contribution is 2.32. The first kappa shape index (κ1) is 16.3. The van der Waals surface area contributed by atoms with E-state index < -0.39 is 4.92 Å². The summed E-state index contributed by atoms with van der Waals surface area (Å²) in [4.78, 5) is 11.4. The highest BCUT2D eigenvalue weighted by atomic mass is 32.1. The average Bonchev–Trinajstić information content (AvgIpc) is 3.44. The summed E-state index contributed by atoms with van der Waals surface area (Å²) in [6.07, 6.45) is 0. The van der Waals surface area contributed by atoms with Crippen molar-refractivity contribution >= 4 is 22.0 Å². The van der Waals surface area contributed by atoms with Crippen LogP contribution in [-0.2, 0) is 0 Å². The van der Waals surface area contributed by atoms with Gasteiger partial charge in [-0.05, 0) is 12.1 Å².